The van der Waals surface area contributed by atoms with Crippen LogP contribution in [0.3, 0.4) is 0 Å². The summed E-state index contributed by atoms with van der Waals surface area (Å²) in [5.41, 5.74) is 4.44. The van der Waals surface area contributed by atoms with Crippen molar-refractivity contribution < 1.29 is 28.7 Å². The van der Waals surface area contributed by atoms with Crippen molar-refractivity contribution in [1.82, 2.24) is 15.6 Å². The molecule has 1 heterocycles. The first-order valence-corrected chi connectivity index (χ1v) is 20.2. The second kappa shape index (κ2) is 30.1. The molecule has 51 heavy (non-hydrogen) atoms. The van der Waals surface area contributed by atoms with E-state index < -0.39 is 29.4 Å². The van der Waals surface area contributed by atoms with Crippen LogP contribution in [-0.4, -0.2) is 72.6 Å². The Kier molecular flexibility index (Phi) is 26.8. The van der Waals surface area contributed by atoms with Crippen molar-refractivity contribution in [2.75, 3.05) is 37.7 Å². The minimum Gasteiger partial charge on any atom is -0.465 e. The van der Waals surface area contributed by atoms with Crippen LogP contribution in [0.2, 0.25) is 0 Å². The van der Waals surface area contributed by atoms with Crippen LogP contribution in [-0.2, 0) is 23.9 Å². The molecule has 0 aliphatic rings. The Morgan fingerprint density at radius 3 is 2.08 bits per heavy atom. The second-order valence-electron chi connectivity index (χ2n) is 12.1. The van der Waals surface area contributed by atoms with Crippen LogP contribution in [0.15, 0.2) is 85.2 Å². The van der Waals surface area contributed by atoms with Crippen molar-refractivity contribution in [3.8, 4) is 0 Å². The quantitative estimate of drug-likeness (QED) is 0.0353. The number of nitrogens with zero attached hydrogens (tertiary/aromatic N) is 1. The number of nitrogens with one attached hydrogen (secondary N) is 2. The first-order chi connectivity index (χ1) is 24.7. The van der Waals surface area contributed by atoms with Gasteiger partial charge in [-0.1, -0.05) is 109 Å². The lowest BCUT2D eigenvalue weighted by Gasteiger charge is -2.32. The summed E-state index contributed by atoms with van der Waals surface area (Å²) in [4.78, 5) is 54.9. The van der Waals surface area contributed by atoms with Gasteiger partial charge in [0.15, 0.2) is 6.10 Å². The van der Waals surface area contributed by atoms with E-state index >= 15 is 0 Å². The Morgan fingerprint density at radius 2 is 1.47 bits per heavy atom. The molecule has 282 valence electrons. The maximum atomic E-state index is 13.3. The maximum Gasteiger partial charge on any atom is 0.357 e. The Morgan fingerprint density at radius 1 is 0.843 bits per heavy atom. The van der Waals surface area contributed by atoms with Crippen LogP contribution < -0.4 is 16.4 Å². The molecule has 2 amide bonds. The minimum atomic E-state index is -1.31. The van der Waals surface area contributed by atoms with Gasteiger partial charge in [0.25, 0.3) is 5.91 Å². The van der Waals surface area contributed by atoms with Gasteiger partial charge < -0.3 is 25.8 Å². The highest BCUT2D eigenvalue weighted by Gasteiger charge is 2.40. The number of rotatable bonds is 28. The summed E-state index contributed by atoms with van der Waals surface area (Å²) in [6.45, 7) is 6.49. The number of pyridine rings is 1. The fourth-order valence-electron chi connectivity index (χ4n) is 4.24. The van der Waals surface area contributed by atoms with Crippen molar-refractivity contribution in [3.63, 3.8) is 0 Å². The smallest absolute Gasteiger partial charge is 0.357 e. The van der Waals surface area contributed by atoms with Crippen molar-refractivity contribution in [2.45, 2.75) is 84.7 Å². The number of esters is 2. The molecule has 0 aromatic carbocycles. The zero-order valence-electron chi connectivity index (χ0n) is 30.6. The molecule has 1 aromatic heterocycles. The van der Waals surface area contributed by atoms with E-state index in [9.17, 15) is 19.2 Å². The molecule has 0 bridgehead atoms. The zero-order chi connectivity index (χ0) is 37.4. The summed E-state index contributed by atoms with van der Waals surface area (Å²) in [5, 5.41) is 5.50. The molecular formula is C39H58N4O6S2. The van der Waals surface area contributed by atoms with Gasteiger partial charge in [0.05, 0.1) is 0 Å². The largest absolute Gasteiger partial charge is 0.465 e. The molecule has 4 N–H and O–H groups in total. The standard InChI is InChI=1S/C39H58N4O6S2/c1-4-5-6-7-8-9-10-11-12-13-14-15-16-17-18-19-20-24-35(45)48-32-39(2,3)36(49-38(47)33-23-21-22-27-41-33)37(46)43-28-25-34(44)42-29-31-51-50-30-26-40/h5-6,8-9,11-12,14-15,17-18,21-23,27,36H,4,7,10,13,16,19-20,24-26,28-32,40H2,1-3H3,(H,42,44)(H,43,46)/b6-5-,9-8-,12-11-,15-14-,18-17-/t36-/m0/s1. The van der Waals surface area contributed by atoms with Gasteiger partial charge in [-0.15, -0.1) is 0 Å². The van der Waals surface area contributed by atoms with Gasteiger partial charge in [0.1, 0.15) is 12.3 Å². The van der Waals surface area contributed by atoms with Crippen molar-refractivity contribution in [2.24, 2.45) is 11.1 Å². The molecule has 12 heteroatoms. The normalized spacial score (nSPS) is 12.7. The lowest BCUT2D eigenvalue weighted by atomic mass is 9.86. The number of nitrogens with two attached hydrogens (primary N) is 1. The lowest BCUT2D eigenvalue weighted by Crippen LogP contribution is -2.49. The number of carbonyl (C=O) groups excluding carboxylic acids is 4. The molecule has 1 atom stereocenters. The van der Waals surface area contributed by atoms with Gasteiger partial charge in [-0.25, -0.2) is 9.78 Å². The molecule has 0 saturated heterocycles. The van der Waals surface area contributed by atoms with E-state index in [0.717, 1.165) is 50.0 Å². The fraction of sp³-hybridized carbons (Fsp3) is 0.513. The molecular weight excluding hydrogens is 685 g/mol. The Hall–Kier alpha value is -3.61. The predicted molar refractivity (Wildman–Crippen MR) is 211 cm³/mol. The van der Waals surface area contributed by atoms with Crippen LogP contribution in [0.1, 0.15) is 89.0 Å². The van der Waals surface area contributed by atoms with Crippen LogP contribution >= 0.6 is 21.6 Å². The molecule has 1 aromatic rings. The monoisotopic (exact) mass is 742 g/mol. The summed E-state index contributed by atoms with van der Waals surface area (Å²) in [7, 11) is 3.28. The highest BCUT2D eigenvalue weighted by Crippen LogP contribution is 2.26. The van der Waals surface area contributed by atoms with Crippen molar-refractivity contribution >= 4 is 45.3 Å². The summed E-state index contributed by atoms with van der Waals surface area (Å²) >= 11 is 0. The average molecular weight is 743 g/mol. The number of amides is 2. The molecule has 0 aliphatic carbocycles. The molecule has 0 saturated carbocycles. The topological polar surface area (TPSA) is 150 Å². The number of hydrogen-bond acceptors (Lipinski definition) is 10. The van der Waals surface area contributed by atoms with E-state index in [1.165, 1.54) is 12.3 Å². The summed E-state index contributed by atoms with van der Waals surface area (Å²) in [6.07, 6.45) is 27.9. The molecule has 0 spiro atoms. The number of ether oxygens (including phenoxy) is 2. The van der Waals surface area contributed by atoms with Gasteiger partial charge in [-0.2, -0.15) is 0 Å². The summed E-state index contributed by atoms with van der Waals surface area (Å²) in [5.74, 6) is -0.403. The highest BCUT2D eigenvalue weighted by atomic mass is 33.1. The number of allylic oxidation sites excluding steroid dienone is 10. The Balaban J connectivity index is 2.49. The van der Waals surface area contributed by atoms with Crippen molar-refractivity contribution in [3.05, 3.63) is 90.9 Å². The van der Waals surface area contributed by atoms with E-state index in [4.69, 9.17) is 15.2 Å². The highest BCUT2D eigenvalue weighted by molar-refractivity contribution is 8.76. The zero-order valence-corrected chi connectivity index (χ0v) is 32.2. The van der Waals surface area contributed by atoms with Crippen LogP contribution in [0.4, 0.5) is 0 Å². The first-order valence-electron chi connectivity index (χ1n) is 17.7. The van der Waals surface area contributed by atoms with E-state index in [2.05, 4.69) is 77.2 Å². The van der Waals surface area contributed by atoms with Gasteiger partial charge >= 0.3 is 11.9 Å². The fourth-order valence-corrected chi connectivity index (χ4v) is 6.01. The third-order valence-electron chi connectivity index (χ3n) is 7.00. The van der Waals surface area contributed by atoms with Crippen LogP contribution in [0.5, 0.6) is 0 Å². The average Bonchev–Trinajstić information content (AvgIpc) is 3.12. The number of carbonyl (C=O) groups is 4. The third-order valence-corrected chi connectivity index (χ3v) is 9.44. The van der Waals surface area contributed by atoms with E-state index in [-0.39, 0.29) is 37.6 Å². The molecule has 0 radical (unpaired) electrons. The van der Waals surface area contributed by atoms with Gasteiger partial charge in [-0.05, 0) is 57.1 Å². The van der Waals surface area contributed by atoms with Crippen LogP contribution in [0, 0.1) is 5.41 Å². The minimum absolute atomic E-state index is 0.0417. The number of aromatic nitrogens is 1. The van der Waals surface area contributed by atoms with Crippen LogP contribution in [0.25, 0.3) is 0 Å². The number of hydrogen-bond donors (Lipinski definition) is 3. The molecule has 10 nitrogen and oxygen atoms in total. The van der Waals surface area contributed by atoms with E-state index in [1.807, 2.05) is 6.08 Å². The number of unbranched alkanes of at least 4 members (excludes halogenated alkanes) is 1. The first kappa shape index (κ1) is 45.4. The van der Waals surface area contributed by atoms with E-state index in [0.29, 0.717) is 19.5 Å². The van der Waals surface area contributed by atoms with E-state index in [1.54, 1.807) is 47.6 Å². The summed E-state index contributed by atoms with van der Waals surface area (Å²) in [6, 6.07) is 4.78. The summed E-state index contributed by atoms with van der Waals surface area (Å²) < 4.78 is 11.1. The van der Waals surface area contributed by atoms with Crippen molar-refractivity contribution in [1.29, 1.82) is 0 Å². The second-order valence-corrected chi connectivity index (χ2v) is 14.8. The SMILES string of the molecule is CC/C=C\C/C=C\C/C=C\C/C=C\C/C=C\CCCC(=O)OCC(C)(C)[C@@H](OC(=O)c1ccccn1)C(=O)NCCC(=O)NCCSSCCN. The molecule has 0 fully saturated rings. The maximum absolute atomic E-state index is 13.3. The third kappa shape index (κ3) is 24.3. The lowest BCUT2D eigenvalue weighted by molar-refractivity contribution is -0.153. The van der Waals surface area contributed by atoms with Gasteiger partial charge in [0, 0.05) is 55.6 Å². The molecule has 1 rings (SSSR count). The molecule has 0 aliphatic heterocycles. The van der Waals surface area contributed by atoms with Gasteiger partial charge in [-0.3, -0.25) is 14.4 Å². The predicted octanol–water partition coefficient (Wildman–Crippen LogP) is 7.06. The Bertz CT molecular complexity index is 1280. The Labute approximate surface area is 313 Å². The van der Waals surface area contributed by atoms with Gasteiger partial charge in [0.2, 0.25) is 5.91 Å². The molecule has 0 unspecified atom stereocenters.